The molecule has 3 unspecified atom stereocenters. The number of aliphatic hydroxyl groups is 1. The van der Waals surface area contributed by atoms with E-state index in [0.717, 1.165) is 25.0 Å². The fourth-order valence-corrected chi connectivity index (χ4v) is 3.17. The van der Waals surface area contributed by atoms with Crippen LogP contribution in [0.15, 0.2) is 0 Å². The Morgan fingerprint density at radius 3 is 2.73 bits per heavy atom. The smallest absolute Gasteiger partial charge is 0.0471 e. The van der Waals surface area contributed by atoms with Crippen LogP contribution in [-0.4, -0.2) is 42.3 Å². The van der Waals surface area contributed by atoms with E-state index in [1.54, 1.807) is 0 Å². The molecule has 0 radical (unpaired) electrons. The van der Waals surface area contributed by atoms with Crippen LogP contribution in [-0.2, 0) is 0 Å². The van der Waals surface area contributed by atoms with E-state index >= 15 is 0 Å². The molecule has 0 amide bonds. The van der Waals surface area contributed by atoms with Crippen molar-refractivity contribution >= 4 is 0 Å². The summed E-state index contributed by atoms with van der Waals surface area (Å²) in [6.45, 7) is 3.56. The summed E-state index contributed by atoms with van der Waals surface area (Å²) in [6.07, 6.45) is 6.38. The Kier molecular flexibility index (Phi) is 4.00. The Hall–Kier alpha value is -0.120. The maximum Gasteiger partial charge on any atom is 0.0471 e. The van der Waals surface area contributed by atoms with Crippen molar-refractivity contribution in [3.63, 3.8) is 0 Å². The molecule has 0 aromatic rings. The van der Waals surface area contributed by atoms with Crippen LogP contribution < -0.4 is 5.73 Å². The molecule has 1 aliphatic carbocycles. The Morgan fingerprint density at radius 2 is 2.07 bits per heavy atom. The fraction of sp³-hybridized carbons (Fsp3) is 1.00. The summed E-state index contributed by atoms with van der Waals surface area (Å²) in [7, 11) is 0. The van der Waals surface area contributed by atoms with Crippen molar-refractivity contribution < 1.29 is 5.11 Å². The van der Waals surface area contributed by atoms with E-state index in [1.807, 2.05) is 0 Å². The van der Waals surface area contributed by atoms with E-state index < -0.39 is 0 Å². The van der Waals surface area contributed by atoms with Crippen molar-refractivity contribution in [2.24, 2.45) is 17.6 Å². The van der Waals surface area contributed by atoms with Gasteiger partial charge in [0.15, 0.2) is 0 Å². The highest BCUT2D eigenvalue weighted by atomic mass is 16.3. The molecule has 1 aliphatic heterocycles. The molecule has 88 valence electrons. The standard InChI is InChI=1S/C12H24N2O/c13-7-10-3-4-12(6-10)14-5-1-2-11(8-14)9-15/h10-12,15H,1-9,13H2. The maximum absolute atomic E-state index is 9.20. The molecule has 15 heavy (non-hydrogen) atoms. The molecule has 0 bridgehead atoms. The summed E-state index contributed by atoms with van der Waals surface area (Å²) >= 11 is 0. The highest BCUT2D eigenvalue weighted by Crippen LogP contribution is 2.31. The second-order valence-electron chi connectivity index (χ2n) is 5.25. The summed E-state index contributed by atoms with van der Waals surface area (Å²) < 4.78 is 0. The molecule has 1 saturated carbocycles. The lowest BCUT2D eigenvalue weighted by molar-refractivity contribution is 0.0883. The molecule has 3 N–H and O–H groups in total. The number of piperidine rings is 1. The number of rotatable bonds is 3. The van der Waals surface area contributed by atoms with Crippen LogP contribution in [0.3, 0.4) is 0 Å². The highest BCUT2D eigenvalue weighted by molar-refractivity contribution is 4.86. The summed E-state index contributed by atoms with van der Waals surface area (Å²) in [5, 5.41) is 9.20. The van der Waals surface area contributed by atoms with Gasteiger partial charge in [-0.1, -0.05) is 0 Å². The van der Waals surface area contributed by atoms with E-state index in [-0.39, 0.29) is 0 Å². The average molecular weight is 212 g/mol. The highest BCUT2D eigenvalue weighted by Gasteiger charge is 2.31. The van der Waals surface area contributed by atoms with Crippen molar-refractivity contribution in [3.8, 4) is 0 Å². The third-order valence-electron chi connectivity index (χ3n) is 4.17. The third-order valence-corrected chi connectivity index (χ3v) is 4.17. The number of hydrogen-bond acceptors (Lipinski definition) is 3. The molecule has 1 saturated heterocycles. The molecule has 0 aromatic heterocycles. The molecule has 3 heteroatoms. The van der Waals surface area contributed by atoms with E-state index in [0.29, 0.717) is 12.5 Å². The first-order valence-electron chi connectivity index (χ1n) is 6.38. The Balaban J connectivity index is 1.83. The van der Waals surface area contributed by atoms with Gasteiger partial charge < -0.3 is 15.7 Å². The number of nitrogens with zero attached hydrogens (tertiary/aromatic N) is 1. The lowest BCUT2D eigenvalue weighted by atomic mass is 9.97. The zero-order valence-electron chi connectivity index (χ0n) is 9.57. The van der Waals surface area contributed by atoms with Crippen molar-refractivity contribution in [1.29, 1.82) is 0 Å². The van der Waals surface area contributed by atoms with Gasteiger partial charge >= 0.3 is 0 Å². The molecular formula is C12H24N2O. The number of nitrogens with two attached hydrogens (primary N) is 1. The SMILES string of the molecule is NCC1CCC(N2CCCC(CO)C2)C1. The van der Waals surface area contributed by atoms with Gasteiger partial charge in [-0.05, 0) is 57.0 Å². The van der Waals surface area contributed by atoms with Gasteiger partial charge in [-0.2, -0.15) is 0 Å². The Morgan fingerprint density at radius 1 is 1.20 bits per heavy atom. The molecule has 2 fully saturated rings. The molecular weight excluding hydrogens is 188 g/mol. The molecule has 3 nitrogen and oxygen atoms in total. The van der Waals surface area contributed by atoms with Gasteiger partial charge in [0.05, 0.1) is 0 Å². The van der Waals surface area contributed by atoms with Crippen LogP contribution in [0.25, 0.3) is 0 Å². The van der Waals surface area contributed by atoms with Crippen LogP contribution in [0.5, 0.6) is 0 Å². The lowest BCUT2D eigenvalue weighted by Crippen LogP contribution is -2.42. The van der Waals surface area contributed by atoms with Crippen molar-refractivity contribution in [1.82, 2.24) is 4.90 Å². The maximum atomic E-state index is 9.20. The predicted octanol–water partition coefficient (Wildman–Crippen LogP) is 0.818. The van der Waals surface area contributed by atoms with E-state index in [9.17, 15) is 5.11 Å². The zero-order valence-corrected chi connectivity index (χ0v) is 9.57. The molecule has 2 aliphatic rings. The van der Waals surface area contributed by atoms with Crippen LogP contribution in [0.2, 0.25) is 0 Å². The second kappa shape index (κ2) is 5.28. The lowest BCUT2D eigenvalue weighted by Gasteiger charge is -2.36. The second-order valence-corrected chi connectivity index (χ2v) is 5.25. The largest absolute Gasteiger partial charge is 0.396 e. The quantitative estimate of drug-likeness (QED) is 0.728. The van der Waals surface area contributed by atoms with Crippen LogP contribution >= 0.6 is 0 Å². The van der Waals surface area contributed by atoms with Gasteiger partial charge in [-0.3, -0.25) is 0 Å². The first-order chi connectivity index (χ1) is 7.33. The molecule has 2 rings (SSSR count). The van der Waals surface area contributed by atoms with Crippen LogP contribution in [0.4, 0.5) is 0 Å². The molecule has 0 aromatic carbocycles. The fourth-order valence-electron chi connectivity index (χ4n) is 3.17. The molecule has 1 heterocycles. The summed E-state index contributed by atoms with van der Waals surface area (Å²) in [6, 6.07) is 0.757. The first kappa shape index (κ1) is 11.4. The van der Waals surface area contributed by atoms with Crippen molar-refractivity contribution in [2.45, 2.75) is 38.1 Å². The van der Waals surface area contributed by atoms with Gasteiger partial charge in [-0.25, -0.2) is 0 Å². The van der Waals surface area contributed by atoms with Gasteiger partial charge in [0.25, 0.3) is 0 Å². The Labute approximate surface area is 92.6 Å². The van der Waals surface area contributed by atoms with Gasteiger partial charge in [0.2, 0.25) is 0 Å². The summed E-state index contributed by atoms with van der Waals surface area (Å²) in [5.41, 5.74) is 5.72. The van der Waals surface area contributed by atoms with Gasteiger partial charge in [0.1, 0.15) is 0 Å². The topological polar surface area (TPSA) is 49.5 Å². The molecule has 3 atom stereocenters. The monoisotopic (exact) mass is 212 g/mol. The minimum absolute atomic E-state index is 0.365. The predicted molar refractivity (Wildman–Crippen MR) is 61.6 cm³/mol. The molecule has 0 spiro atoms. The minimum atomic E-state index is 0.365. The van der Waals surface area contributed by atoms with E-state index in [4.69, 9.17) is 5.73 Å². The number of hydrogen-bond donors (Lipinski definition) is 2. The van der Waals surface area contributed by atoms with E-state index in [1.165, 1.54) is 38.6 Å². The number of aliphatic hydroxyl groups excluding tert-OH is 1. The summed E-state index contributed by atoms with van der Waals surface area (Å²) in [4.78, 5) is 2.60. The summed E-state index contributed by atoms with van der Waals surface area (Å²) in [5.74, 6) is 1.28. The zero-order chi connectivity index (χ0) is 10.7. The van der Waals surface area contributed by atoms with Crippen LogP contribution in [0.1, 0.15) is 32.1 Å². The van der Waals surface area contributed by atoms with Crippen molar-refractivity contribution in [3.05, 3.63) is 0 Å². The third kappa shape index (κ3) is 2.71. The first-order valence-corrected chi connectivity index (χ1v) is 6.38. The van der Waals surface area contributed by atoms with E-state index in [2.05, 4.69) is 4.90 Å². The number of likely N-dealkylation sites (tertiary alicyclic amines) is 1. The minimum Gasteiger partial charge on any atom is -0.396 e. The van der Waals surface area contributed by atoms with Gasteiger partial charge in [0, 0.05) is 19.2 Å². The van der Waals surface area contributed by atoms with Crippen LogP contribution in [0, 0.1) is 11.8 Å². The Bertz CT molecular complexity index is 198. The van der Waals surface area contributed by atoms with Gasteiger partial charge in [-0.15, -0.1) is 0 Å². The van der Waals surface area contributed by atoms with Crippen molar-refractivity contribution in [2.75, 3.05) is 26.2 Å². The normalized spacial score (nSPS) is 38.4. The average Bonchev–Trinajstić information content (AvgIpc) is 2.78.